The normalized spacial score (nSPS) is 15.6. The highest BCUT2D eigenvalue weighted by Crippen LogP contribution is 2.39. The summed E-state index contributed by atoms with van der Waals surface area (Å²) in [6.45, 7) is 1.60. The van der Waals surface area contributed by atoms with Crippen molar-refractivity contribution in [2.24, 2.45) is 0 Å². The molecule has 3 rings (SSSR count). The van der Waals surface area contributed by atoms with E-state index in [0.29, 0.717) is 5.92 Å². The van der Waals surface area contributed by atoms with Gasteiger partial charge in [-0.15, -0.1) is 0 Å². The van der Waals surface area contributed by atoms with E-state index in [2.05, 4.69) is 33.8 Å². The van der Waals surface area contributed by atoms with E-state index in [0.717, 1.165) is 20.5 Å². The van der Waals surface area contributed by atoms with Gasteiger partial charge in [0.15, 0.2) is 5.78 Å². The molecule has 2 heterocycles. The van der Waals surface area contributed by atoms with Crippen molar-refractivity contribution in [3.63, 3.8) is 0 Å². The van der Waals surface area contributed by atoms with Crippen LogP contribution in [0.1, 0.15) is 41.7 Å². The Morgan fingerprint density at radius 3 is 2.88 bits per heavy atom. The number of ketones is 1. The topological polar surface area (TPSA) is 34.4 Å². The third kappa shape index (κ3) is 1.55. The van der Waals surface area contributed by atoms with Gasteiger partial charge in [0.2, 0.25) is 0 Å². The van der Waals surface area contributed by atoms with Crippen LogP contribution in [0.3, 0.4) is 0 Å². The van der Waals surface area contributed by atoms with E-state index in [9.17, 15) is 4.79 Å². The van der Waals surface area contributed by atoms with Crippen LogP contribution in [0, 0.1) is 3.70 Å². The third-order valence-electron chi connectivity index (χ3n) is 2.97. The maximum Gasteiger partial charge on any atom is 0.161 e. The van der Waals surface area contributed by atoms with Crippen LogP contribution in [-0.4, -0.2) is 15.4 Å². The average Bonchev–Trinajstić information content (AvgIpc) is 2.98. The zero-order chi connectivity index (χ0) is 11.3. The molecule has 16 heavy (non-hydrogen) atoms. The first kappa shape index (κ1) is 10.3. The summed E-state index contributed by atoms with van der Waals surface area (Å²) in [6, 6.07) is 5.89. The highest BCUT2D eigenvalue weighted by molar-refractivity contribution is 14.1. The van der Waals surface area contributed by atoms with Crippen molar-refractivity contribution >= 4 is 33.9 Å². The molecule has 0 radical (unpaired) electrons. The van der Waals surface area contributed by atoms with Crippen LogP contribution in [0.25, 0.3) is 5.52 Å². The maximum absolute atomic E-state index is 11.5. The smallest absolute Gasteiger partial charge is 0.161 e. The molecule has 0 aliphatic heterocycles. The first-order chi connectivity index (χ1) is 7.66. The maximum atomic E-state index is 11.5. The molecular weight excluding hydrogens is 315 g/mol. The molecule has 0 aromatic carbocycles. The molecule has 2 aromatic rings. The van der Waals surface area contributed by atoms with Gasteiger partial charge in [0, 0.05) is 11.5 Å². The fourth-order valence-electron chi connectivity index (χ4n) is 1.94. The first-order valence-corrected chi connectivity index (χ1v) is 6.44. The number of fused-ring (bicyclic) bond motifs is 1. The van der Waals surface area contributed by atoms with E-state index in [4.69, 9.17) is 0 Å². The Morgan fingerprint density at radius 2 is 2.25 bits per heavy atom. The number of Topliss-reactive ketones (excluding diaryl/α,β-unsaturated/α-hetero) is 1. The molecule has 0 atom stereocenters. The van der Waals surface area contributed by atoms with Gasteiger partial charge in [-0.05, 0) is 60.6 Å². The first-order valence-electron chi connectivity index (χ1n) is 5.36. The molecule has 1 aliphatic carbocycles. The molecule has 0 unspecified atom stereocenters. The van der Waals surface area contributed by atoms with E-state index in [1.54, 1.807) is 6.92 Å². The van der Waals surface area contributed by atoms with Crippen LogP contribution in [0.15, 0.2) is 18.2 Å². The van der Waals surface area contributed by atoms with Gasteiger partial charge in [0.1, 0.15) is 3.70 Å². The monoisotopic (exact) mass is 326 g/mol. The molecule has 0 saturated heterocycles. The summed E-state index contributed by atoms with van der Waals surface area (Å²) in [7, 11) is 0. The number of carbonyl (C=O) groups is 1. The Kier molecular flexibility index (Phi) is 2.27. The number of halogens is 1. The number of nitrogens with zero attached hydrogens (tertiary/aromatic N) is 2. The van der Waals surface area contributed by atoms with Gasteiger partial charge in [-0.1, -0.05) is 0 Å². The van der Waals surface area contributed by atoms with Gasteiger partial charge >= 0.3 is 0 Å². The van der Waals surface area contributed by atoms with Crippen molar-refractivity contribution < 1.29 is 4.79 Å². The highest BCUT2D eigenvalue weighted by Gasteiger charge is 2.27. The molecule has 1 saturated carbocycles. The second-order valence-electron chi connectivity index (χ2n) is 4.27. The number of rotatable bonds is 2. The molecule has 82 valence electrons. The molecule has 0 amide bonds. The van der Waals surface area contributed by atoms with Crippen molar-refractivity contribution in [1.82, 2.24) is 9.61 Å². The Labute approximate surface area is 107 Å². The summed E-state index contributed by atoms with van der Waals surface area (Å²) in [5.74, 6) is 0.721. The summed E-state index contributed by atoms with van der Waals surface area (Å²) >= 11 is 2.24. The van der Waals surface area contributed by atoms with Crippen molar-refractivity contribution in [3.8, 4) is 0 Å². The lowest BCUT2D eigenvalue weighted by atomic mass is 10.1. The zero-order valence-electron chi connectivity index (χ0n) is 8.90. The van der Waals surface area contributed by atoms with Crippen LogP contribution >= 0.6 is 22.6 Å². The molecule has 0 N–H and O–H groups in total. The van der Waals surface area contributed by atoms with Gasteiger partial charge in [0.25, 0.3) is 0 Å². The predicted octanol–water partition coefficient (Wildman–Crippen LogP) is 3.02. The Balaban J connectivity index is 2.29. The fourth-order valence-corrected chi connectivity index (χ4v) is 2.49. The van der Waals surface area contributed by atoms with Gasteiger partial charge in [0.05, 0.1) is 11.2 Å². The summed E-state index contributed by atoms with van der Waals surface area (Å²) in [4.78, 5) is 11.5. The molecule has 1 aliphatic rings. The zero-order valence-corrected chi connectivity index (χ0v) is 11.1. The van der Waals surface area contributed by atoms with Gasteiger partial charge < -0.3 is 0 Å². The average molecular weight is 326 g/mol. The summed E-state index contributed by atoms with van der Waals surface area (Å²) in [5.41, 5.74) is 2.84. The van der Waals surface area contributed by atoms with Crippen LogP contribution in [0.5, 0.6) is 0 Å². The van der Waals surface area contributed by atoms with E-state index in [1.165, 1.54) is 12.8 Å². The second kappa shape index (κ2) is 3.55. The number of carbonyl (C=O) groups excluding carboxylic acids is 1. The van der Waals surface area contributed by atoms with Gasteiger partial charge in [-0.3, -0.25) is 4.79 Å². The summed E-state index contributed by atoms with van der Waals surface area (Å²) in [6.07, 6.45) is 2.46. The predicted molar refractivity (Wildman–Crippen MR) is 69.9 cm³/mol. The largest absolute Gasteiger partial charge is 0.294 e. The second-order valence-corrected chi connectivity index (χ2v) is 5.37. The van der Waals surface area contributed by atoms with E-state index in [-0.39, 0.29) is 5.78 Å². The Hall–Kier alpha value is -0.910. The van der Waals surface area contributed by atoms with E-state index < -0.39 is 0 Å². The van der Waals surface area contributed by atoms with E-state index in [1.807, 2.05) is 16.6 Å². The van der Waals surface area contributed by atoms with Crippen molar-refractivity contribution in [3.05, 3.63) is 33.2 Å². The van der Waals surface area contributed by atoms with Crippen LogP contribution < -0.4 is 0 Å². The minimum absolute atomic E-state index is 0.101. The molecule has 0 spiro atoms. The summed E-state index contributed by atoms with van der Waals surface area (Å²) < 4.78 is 2.93. The number of hydrogen-bond acceptors (Lipinski definition) is 2. The molecule has 0 bridgehead atoms. The quantitative estimate of drug-likeness (QED) is 0.483. The Morgan fingerprint density at radius 1 is 1.50 bits per heavy atom. The molecule has 4 heteroatoms. The van der Waals surface area contributed by atoms with Gasteiger partial charge in [-0.25, -0.2) is 4.52 Å². The van der Waals surface area contributed by atoms with Crippen molar-refractivity contribution in [2.75, 3.05) is 0 Å². The number of aromatic nitrogens is 2. The minimum atomic E-state index is 0.101. The van der Waals surface area contributed by atoms with Crippen molar-refractivity contribution in [1.29, 1.82) is 0 Å². The molecule has 2 aromatic heterocycles. The lowest BCUT2D eigenvalue weighted by Crippen LogP contribution is -2.00. The standard InChI is InChI=1S/C12H11IN2O/c1-7(16)9-4-5-12(13)15-11(9)6-10(14-15)8-2-3-8/h4-6,8H,2-3H2,1H3. The SMILES string of the molecule is CC(=O)c1ccc(I)n2nc(C3CC3)cc12. The number of pyridine rings is 1. The van der Waals surface area contributed by atoms with Crippen LogP contribution in [0.2, 0.25) is 0 Å². The van der Waals surface area contributed by atoms with Gasteiger partial charge in [-0.2, -0.15) is 5.10 Å². The minimum Gasteiger partial charge on any atom is -0.294 e. The third-order valence-corrected chi connectivity index (χ3v) is 3.79. The summed E-state index contributed by atoms with van der Waals surface area (Å²) in [5, 5.41) is 4.57. The van der Waals surface area contributed by atoms with E-state index >= 15 is 0 Å². The number of hydrogen-bond donors (Lipinski definition) is 0. The van der Waals surface area contributed by atoms with Crippen LogP contribution in [-0.2, 0) is 0 Å². The molecule has 3 nitrogen and oxygen atoms in total. The molecular formula is C12H11IN2O. The lowest BCUT2D eigenvalue weighted by molar-refractivity contribution is 0.101. The lowest BCUT2D eigenvalue weighted by Gasteiger charge is -2.01. The molecule has 1 fully saturated rings. The highest BCUT2D eigenvalue weighted by atomic mass is 127. The fraction of sp³-hybridized carbons (Fsp3) is 0.333. The van der Waals surface area contributed by atoms with Crippen molar-refractivity contribution in [2.45, 2.75) is 25.7 Å². The van der Waals surface area contributed by atoms with Crippen LogP contribution in [0.4, 0.5) is 0 Å². The Bertz CT molecular complexity index is 584.